The Morgan fingerprint density at radius 1 is 0.920 bits per heavy atom. The molecule has 0 aromatic heterocycles. The van der Waals surface area contributed by atoms with E-state index in [2.05, 4.69) is 5.32 Å². The van der Waals surface area contributed by atoms with Crippen molar-refractivity contribution in [1.82, 2.24) is 10.2 Å². The van der Waals surface area contributed by atoms with Crippen molar-refractivity contribution in [3.05, 3.63) is 0 Å². The molecule has 10 atom stereocenters. The fraction of sp³-hybridized carbons (Fsp3) is 1.00. The number of nitrogens with zero attached hydrogens (tertiary/aromatic N) is 1. The molecule has 3 fully saturated rings. The minimum absolute atomic E-state index is 0.371. The normalized spacial score (nSPS) is 51.5. The molecule has 11 nitrogen and oxygen atoms in total. The Hall–Kier alpha value is -0.440. The molecule has 0 saturated carbocycles. The SMILES string of the molecule is OC[C@@H]1[C@@H](O[C@@H]2O[C@H](CO)[C@@H](O)[C@H](O)[C@H]2O)[C@H](O)[C@@H](O)C2NCCN21. The molecule has 11 heteroatoms. The second-order valence-electron chi connectivity index (χ2n) is 6.67. The fourth-order valence-electron chi connectivity index (χ4n) is 3.80. The molecule has 0 amide bonds. The van der Waals surface area contributed by atoms with Crippen LogP contribution in [0.15, 0.2) is 0 Å². The van der Waals surface area contributed by atoms with Gasteiger partial charge in [-0.3, -0.25) is 10.2 Å². The first-order valence-electron chi connectivity index (χ1n) is 8.32. The number of aliphatic hydroxyl groups is 7. The number of ether oxygens (including phenoxy) is 2. The minimum Gasteiger partial charge on any atom is -0.395 e. The molecular weight excluding hydrogens is 340 g/mol. The third-order valence-corrected chi connectivity index (χ3v) is 5.22. The highest BCUT2D eigenvalue weighted by Crippen LogP contribution is 2.31. The Morgan fingerprint density at radius 2 is 1.64 bits per heavy atom. The highest BCUT2D eigenvalue weighted by atomic mass is 16.7. The first-order chi connectivity index (χ1) is 11.9. The van der Waals surface area contributed by atoms with Crippen LogP contribution in [0, 0.1) is 0 Å². The van der Waals surface area contributed by atoms with Crippen LogP contribution in [0.4, 0.5) is 0 Å². The van der Waals surface area contributed by atoms with Crippen molar-refractivity contribution in [1.29, 1.82) is 0 Å². The van der Waals surface area contributed by atoms with Crippen molar-refractivity contribution in [2.75, 3.05) is 26.3 Å². The molecule has 146 valence electrons. The Kier molecular flexibility index (Phi) is 5.92. The summed E-state index contributed by atoms with van der Waals surface area (Å²) in [7, 11) is 0. The lowest BCUT2D eigenvalue weighted by atomic mass is 9.92. The third kappa shape index (κ3) is 3.31. The Bertz CT molecular complexity index is 456. The van der Waals surface area contributed by atoms with E-state index in [9.17, 15) is 35.7 Å². The summed E-state index contributed by atoms with van der Waals surface area (Å²) in [5, 5.41) is 72.4. The number of hydrogen-bond acceptors (Lipinski definition) is 11. The van der Waals surface area contributed by atoms with Crippen molar-refractivity contribution in [3.8, 4) is 0 Å². The molecule has 25 heavy (non-hydrogen) atoms. The van der Waals surface area contributed by atoms with Crippen molar-refractivity contribution in [2.45, 2.75) is 61.2 Å². The summed E-state index contributed by atoms with van der Waals surface area (Å²) in [5.41, 5.74) is 0. The summed E-state index contributed by atoms with van der Waals surface area (Å²) in [6.45, 7) is 0.109. The first kappa shape index (κ1) is 19.3. The van der Waals surface area contributed by atoms with Crippen LogP contribution in [0.1, 0.15) is 0 Å². The topological polar surface area (TPSA) is 175 Å². The van der Waals surface area contributed by atoms with Gasteiger partial charge in [-0.2, -0.15) is 0 Å². The number of fused-ring (bicyclic) bond motifs is 1. The summed E-state index contributed by atoms with van der Waals surface area (Å²) in [4.78, 5) is 1.76. The molecule has 3 heterocycles. The maximum Gasteiger partial charge on any atom is 0.187 e. The highest BCUT2D eigenvalue weighted by Gasteiger charge is 2.53. The van der Waals surface area contributed by atoms with E-state index in [-0.39, 0.29) is 6.61 Å². The Labute approximate surface area is 144 Å². The average Bonchev–Trinajstić information content (AvgIpc) is 3.09. The van der Waals surface area contributed by atoms with Gasteiger partial charge in [0.1, 0.15) is 42.7 Å². The molecule has 0 aromatic rings. The number of aliphatic hydroxyl groups excluding tert-OH is 7. The lowest BCUT2D eigenvalue weighted by molar-refractivity contribution is -0.330. The number of rotatable bonds is 4. The monoisotopic (exact) mass is 366 g/mol. The van der Waals surface area contributed by atoms with Crippen LogP contribution in [-0.4, -0.2) is 128 Å². The van der Waals surface area contributed by atoms with E-state index in [1.807, 2.05) is 0 Å². The van der Waals surface area contributed by atoms with Gasteiger partial charge in [0, 0.05) is 13.1 Å². The van der Waals surface area contributed by atoms with Gasteiger partial charge in [0.25, 0.3) is 0 Å². The van der Waals surface area contributed by atoms with Crippen LogP contribution in [0.2, 0.25) is 0 Å². The summed E-state index contributed by atoms with van der Waals surface area (Å²) < 4.78 is 10.9. The van der Waals surface area contributed by atoms with E-state index in [1.54, 1.807) is 4.90 Å². The standard InChI is InChI=1S/C14H26N2O9/c17-3-5-12(9(21)10(22)13-15-1-2-16(5)13)25-14-11(23)8(20)7(19)6(4-18)24-14/h5-15,17-23H,1-4H2/t5-,6-,7-,8+,9-,10-,11-,12-,13?,14+/m1/s1. The first-order valence-corrected chi connectivity index (χ1v) is 8.32. The molecular formula is C14H26N2O9. The van der Waals surface area contributed by atoms with Crippen molar-refractivity contribution < 1.29 is 45.2 Å². The van der Waals surface area contributed by atoms with Crippen LogP contribution in [-0.2, 0) is 9.47 Å². The largest absolute Gasteiger partial charge is 0.395 e. The predicted molar refractivity (Wildman–Crippen MR) is 80.0 cm³/mol. The molecule has 0 aromatic carbocycles. The van der Waals surface area contributed by atoms with E-state index in [4.69, 9.17) is 9.47 Å². The zero-order valence-corrected chi connectivity index (χ0v) is 13.5. The fourth-order valence-corrected chi connectivity index (χ4v) is 3.80. The van der Waals surface area contributed by atoms with Gasteiger partial charge < -0.3 is 45.2 Å². The molecule has 3 saturated heterocycles. The Morgan fingerprint density at radius 3 is 2.28 bits per heavy atom. The van der Waals surface area contributed by atoms with Crippen molar-refractivity contribution in [3.63, 3.8) is 0 Å². The van der Waals surface area contributed by atoms with Gasteiger partial charge in [0.2, 0.25) is 0 Å². The molecule has 3 rings (SSSR count). The van der Waals surface area contributed by atoms with E-state index >= 15 is 0 Å². The quantitative estimate of drug-likeness (QED) is 0.238. The van der Waals surface area contributed by atoms with Crippen LogP contribution in [0.3, 0.4) is 0 Å². The molecule has 3 aliphatic heterocycles. The predicted octanol–water partition coefficient (Wildman–Crippen LogP) is -5.50. The maximum atomic E-state index is 10.4. The van der Waals surface area contributed by atoms with Gasteiger partial charge in [0.15, 0.2) is 6.29 Å². The number of piperidine rings is 1. The van der Waals surface area contributed by atoms with E-state index < -0.39 is 67.8 Å². The highest BCUT2D eigenvalue weighted by molar-refractivity contribution is 5.03. The molecule has 3 aliphatic rings. The molecule has 0 bridgehead atoms. The third-order valence-electron chi connectivity index (χ3n) is 5.22. The van der Waals surface area contributed by atoms with E-state index in [0.717, 1.165) is 0 Å². The van der Waals surface area contributed by atoms with Crippen molar-refractivity contribution in [2.24, 2.45) is 0 Å². The smallest absolute Gasteiger partial charge is 0.187 e. The Balaban J connectivity index is 1.77. The van der Waals surface area contributed by atoms with Crippen LogP contribution >= 0.6 is 0 Å². The number of nitrogens with one attached hydrogen (secondary N) is 1. The van der Waals surface area contributed by atoms with Gasteiger partial charge in [0.05, 0.1) is 25.4 Å². The zero-order valence-electron chi connectivity index (χ0n) is 13.5. The lowest BCUT2D eigenvalue weighted by Crippen LogP contribution is -2.69. The van der Waals surface area contributed by atoms with Crippen LogP contribution in [0.5, 0.6) is 0 Å². The molecule has 1 unspecified atom stereocenters. The van der Waals surface area contributed by atoms with Gasteiger partial charge in [-0.15, -0.1) is 0 Å². The van der Waals surface area contributed by atoms with E-state index in [0.29, 0.717) is 13.1 Å². The van der Waals surface area contributed by atoms with Crippen molar-refractivity contribution >= 4 is 0 Å². The van der Waals surface area contributed by atoms with Crippen LogP contribution < -0.4 is 5.32 Å². The molecule has 0 aliphatic carbocycles. The second-order valence-corrected chi connectivity index (χ2v) is 6.67. The molecule has 0 radical (unpaired) electrons. The zero-order chi connectivity index (χ0) is 18.3. The lowest BCUT2D eigenvalue weighted by Gasteiger charge is -2.49. The average molecular weight is 366 g/mol. The number of hydrogen-bond donors (Lipinski definition) is 8. The molecule has 0 spiro atoms. The van der Waals surface area contributed by atoms with Gasteiger partial charge in [-0.1, -0.05) is 0 Å². The summed E-state index contributed by atoms with van der Waals surface area (Å²) in [6, 6.07) is -0.675. The molecule has 8 N–H and O–H groups in total. The summed E-state index contributed by atoms with van der Waals surface area (Å²) in [5.74, 6) is 0. The summed E-state index contributed by atoms with van der Waals surface area (Å²) in [6.07, 6.45) is -11.6. The maximum absolute atomic E-state index is 10.4. The van der Waals surface area contributed by atoms with E-state index in [1.165, 1.54) is 0 Å². The minimum atomic E-state index is -1.63. The van der Waals surface area contributed by atoms with Gasteiger partial charge >= 0.3 is 0 Å². The summed E-state index contributed by atoms with van der Waals surface area (Å²) >= 11 is 0. The van der Waals surface area contributed by atoms with Crippen LogP contribution in [0.25, 0.3) is 0 Å². The van der Waals surface area contributed by atoms with Gasteiger partial charge in [-0.05, 0) is 0 Å². The van der Waals surface area contributed by atoms with Gasteiger partial charge in [-0.25, -0.2) is 0 Å². The second kappa shape index (κ2) is 7.66.